The first kappa shape index (κ1) is 20.3. The molecule has 0 aromatic rings. The average Bonchev–Trinajstić information content (AvgIpc) is 3.40. The Morgan fingerprint density at radius 1 is 0.840 bits per heavy atom. The lowest BCUT2D eigenvalue weighted by molar-refractivity contribution is -0.131. The maximum atomic E-state index is 12.2. The maximum absolute atomic E-state index is 12.2. The second kappa shape index (κ2) is 10.2. The molecule has 0 atom stereocenters. The van der Waals surface area contributed by atoms with Crippen molar-refractivity contribution >= 4 is 24.3 Å². The highest BCUT2D eigenvalue weighted by molar-refractivity contribution is 5.85. The number of rotatable bonds is 6. The minimum atomic E-state index is -0.0298. The fourth-order valence-electron chi connectivity index (χ4n) is 3.75. The Morgan fingerprint density at radius 2 is 1.44 bits per heavy atom. The first-order valence-corrected chi connectivity index (χ1v) is 9.76. The van der Waals surface area contributed by atoms with Gasteiger partial charge < -0.3 is 20.9 Å². The predicted molar refractivity (Wildman–Crippen MR) is 101 cm³/mol. The summed E-state index contributed by atoms with van der Waals surface area (Å²) in [6.45, 7) is 2.93. The molecule has 0 aromatic carbocycles. The molecular formula is C18H33ClN4O2. The average molecular weight is 373 g/mol. The van der Waals surface area contributed by atoms with E-state index in [9.17, 15) is 9.59 Å². The summed E-state index contributed by atoms with van der Waals surface area (Å²) < 4.78 is 0. The van der Waals surface area contributed by atoms with Crippen molar-refractivity contribution in [2.45, 2.75) is 69.9 Å². The van der Waals surface area contributed by atoms with Crippen LogP contribution in [0.25, 0.3) is 0 Å². The summed E-state index contributed by atoms with van der Waals surface area (Å²) in [5.74, 6) is 0.996. The van der Waals surface area contributed by atoms with Crippen LogP contribution in [-0.4, -0.2) is 55.1 Å². The van der Waals surface area contributed by atoms with Gasteiger partial charge in [0.2, 0.25) is 5.91 Å². The lowest BCUT2D eigenvalue weighted by atomic mass is 9.96. The van der Waals surface area contributed by atoms with E-state index in [-0.39, 0.29) is 30.4 Å². The molecule has 3 N–H and O–H groups in total. The van der Waals surface area contributed by atoms with E-state index in [0.717, 1.165) is 51.2 Å². The first-order chi connectivity index (χ1) is 11.7. The molecule has 3 amide bonds. The maximum Gasteiger partial charge on any atom is 0.315 e. The molecule has 1 aliphatic heterocycles. The van der Waals surface area contributed by atoms with Crippen LogP contribution in [0.5, 0.6) is 0 Å². The number of nitrogens with one attached hydrogen (secondary N) is 3. The Balaban J connectivity index is 0.00000225. The highest BCUT2D eigenvalue weighted by atomic mass is 35.5. The van der Waals surface area contributed by atoms with Crippen LogP contribution in [0.1, 0.15) is 57.8 Å². The number of hydrogen-bond donors (Lipinski definition) is 3. The van der Waals surface area contributed by atoms with E-state index in [2.05, 4.69) is 16.0 Å². The number of hydrogen-bond acceptors (Lipinski definition) is 3. The van der Waals surface area contributed by atoms with Gasteiger partial charge in [-0.05, 0) is 51.0 Å². The van der Waals surface area contributed by atoms with E-state index in [1.54, 1.807) is 0 Å². The molecule has 2 aliphatic carbocycles. The van der Waals surface area contributed by atoms with Crippen molar-refractivity contribution in [3.05, 3.63) is 0 Å². The highest BCUT2D eigenvalue weighted by Gasteiger charge is 2.25. The predicted octanol–water partition coefficient (Wildman–Crippen LogP) is 2.03. The Bertz CT molecular complexity index is 431. The molecule has 1 saturated heterocycles. The zero-order valence-electron chi connectivity index (χ0n) is 15.1. The number of halogens is 1. The number of nitrogens with zero attached hydrogens (tertiary/aromatic N) is 1. The molecule has 7 heteroatoms. The van der Waals surface area contributed by atoms with Crippen LogP contribution in [0.3, 0.4) is 0 Å². The van der Waals surface area contributed by atoms with E-state index in [4.69, 9.17) is 0 Å². The highest BCUT2D eigenvalue weighted by Crippen LogP contribution is 2.27. The van der Waals surface area contributed by atoms with Crippen molar-refractivity contribution in [1.82, 2.24) is 20.9 Å². The molecular weight excluding hydrogens is 340 g/mol. The third-order valence-corrected chi connectivity index (χ3v) is 5.53. The summed E-state index contributed by atoms with van der Waals surface area (Å²) in [5, 5.41) is 9.45. The molecule has 1 heterocycles. The Kier molecular flexibility index (Phi) is 8.30. The smallest absolute Gasteiger partial charge is 0.315 e. The van der Waals surface area contributed by atoms with Crippen molar-refractivity contribution in [3.8, 4) is 0 Å². The van der Waals surface area contributed by atoms with Crippen molar-refractivity contribution in [3.63, 3.8) is 0 Å². The van der Waals surface area contributed by atoms with Gasteiger partial charge in [0, 0.05) is 25.2 Å². The van der Waals surface area contributed by atoms with Crippen LogP contribution in [0.4, 0.5) is 4.79 Å². The molecule has 0 bridgehead atoms. The molecule has 0 spiro atoms. The number of carbonyl (C=O) groups excluding carboxylic acids is 2. The number of amides is 3. The standard InChI is InChI=1S/C18H32N4O2.ClH/c23-17(13-19-12-14-6-7-14)22-10-8-16(9-11-22)21-18(24)20-15-4-2-1-3-5-15;/h14-16,19H,1-13H2,(H2,20,21,24);1H. The quantitative estimate of drug-likeness (QED) is 0.668. The van der Waals surface area contributed by atoms with Crippen molar-refractivity contribution in [2.24, 2.45) is 5.92 Å². The monoisotopic (exact) mass is 372 g/mol. The molecule has 3 aliphatic rings. The van der Waals surface area contributed by atoms with E-state index in [0.29, 0.717) is 12.6 Å². The molecule has 0 radical (unpaired) electrons. The van der Waals surface area contributed by atoms with Crippen LogP contribution < -0.4 is 16.0 Å². The zero-order chi connectivity index (χ0) is 16.8. The topological polar surface area (TPSA) is 73.5 Å². The van der Waals surface area contributed by atoms with Gasteiger partial charge >= 0.3 is 6.03 Å². The van der Waals surface area contributed by atoms with Gasteiger partial charge in [-0.25, -0.2) is 4.79 Å². The van der Waals surface area contributed by atoms with Gasteiger partial charge in [0.15, 0.2) is 0 Å². The van der Waals surface area contributed by atoms with Gasteiger partial charge in [0.1, 0.15) is 0 Å². The first-order valence-electron chi connectivity index (χ1n) is 9.76. The lowest BCUT2D eigenvalue weighted by Gasteiger charge is -2.33. The van der Waals surface area contributed by atoms with Gasteiger partial charge in [0.05, 0.1) is 6.54 Å². The normalized spacial score (nSPS) is 22.2. The molecule has 2 saturated carbocycles. The summed E-state index contributed by atoms with van der Waals surface area (Å²) in [7, 11) is 0. The van der Waals surface area contributed by atoms with Gasteiger partial charge in [-0.15, -0.1) is 12.4 Å². The third-order valence-electron chi connectivity index (χ3n) is 5.53. The van der Waals surface area contributed by atoms with Crippen LogP contribution in [0.2, 0.25) is 0 Å². The summed E-state index contributed by atoms with van der Waals surface area (Å²) in [5.41, 5.74) is 0. The summed E-state index contributed by atoms with van der Waals surface area (Å²) in [4.78, 5) is 26.2. The second-order valence-electron chi connectivity index (χ2n) is 7.68. The summed E-state index contributed by atoms with van der Waals surface area (Å²) in [6.07, 6.45) is 10.3. The SMILES string of the molecule is Cl.O=C(NC1CCCCC1)NC1CCN(C(=O)CNCC2CC2)CC1. The minimum Gasteiger partial charge on any atom is -0.341 e. The Labute approximate surface area is 157 Å². The van der Waals surface area contributed by atoms with Crippen LogP contribution in [0.15, 0.2) is 0 Å². The Hall–Kier alpha value is -1.01. The molecule has 6 nitrogen and oxygen atoms in total. The van der Waals surface area contributed by atoms with E-state index in [1.165, 1.54) is 32.1 Å². The van der Waals surface area contributed by atoms with Crippen LogP contribution >= 0.6 is 12.4 Å². The molecule has 25 heavy (non-hydrogen) atoms. The van der Waals surface area contributed by atoms with Gasteiger partial charge in [-0.3, -0.25) is 4.79 Å². The van der Waals surface area contributed by atoms with Gasteiger partial charge in [0.25, 0.3) is 0 Å². The van der Waals surface area contributed by atoms with Gasteiger partial charge in [-0.1, -0.05) is 19.3 Å². The fraction of sp³-hybridized carbons (Fsp3) is 0.889. The number of likely N-dealkylation sites (tertiary alicyclic amines) is 1. The van der Waals surface area contributed by atoms with Crippen LogP contribution in [-0.2, 0) is 4.79 Å². The molecule has 0 unspecified atom stereocenters. The third kappa shape index (κ3) is 7.02. The minimum absolute atomic E-state index is 0. The van der Waals surface area contributed by atoms with E-state index >= 15 is 0 Å². The molecule has 3 rings (SSSR count). The summed E-state index contributed by atoms with van der Waals surface area (Å²) >= 11 is 0. The largest absolute Gasteiger partial charge is 0.341 e. The molecule has 0 aromatic heterocycles. The molecule has 144 valence electrons. The van der Waals surface area contributed by atoms with Gasteiger partial charge in [-0.2, -0.15) is 0 Å². The second-order valence-corrected chi connectivity index (χ2v) is 7.68. The van der Waals surface area contributed by atoms with Crippen LogP contribution in [0, 0.1) is 5.92 Å². The number of urea groups is 1. The zero-order valence-corrected chi connectivity index (χ0v) is 15.9. The van der Waals surface area contributed by atoms with Crippen molar-refractivity contribution in [2.75, 3.05) is 26.2 Å². The fourth-order valence-corrected chi connectivity index (χ4v) is 3.75. The number of carbonyl (C=O) groups is 2. The molecule has 3 fully saturated rings. The summed E-state index contributed by atoms with van der Waals surface area (Å²) in [6, 6.07) is 0.507. The van der Waals surface area contributed by atoms with Crippen molar-refractivity contribution < 1.29 is 9.59 Å². The van der Waals surface area contributed by atoms with Crippen molar-refractivity contribution in [1.29, 1.82) is 0 Å². The van der Waals surface area contributed by atoms with E-state index < -0.39 is 0 Å². The lowest BCUT2D eigenvalue weighted by Crippen LogP contribution is -2.52. The number of piperidine rings is 1. The Morgan fingerprint density at radius 3 is 2.04 bits per heavy atom. The van der Waals surface area contributed by atoms with E-state index in [1.807, 2.05) is 4.90 Å².